The van der Waals surface area contributed by atoms with Gasteiger partial charge in [0.15, 0.2) is 5.96 Å². The van der Waals surface area contributed by atoms with E-state index in [0.29, 0.717) is 6.54 Å². The van der Waals surface area contributed by atoms with Gasteiger partial charge in [-0.05, 0) is 36.8 Å². The third kappa shape index (κ3) is 8.00. The van der Waals surface area contributed by atoms with E-state index >= 15 is 0 Å². The van der Waals surface area contributed by atoms with Gasteiger partial charge < -0.3 is 20.3 Å². The number of nitrogens with one attached hydrogen (secondary N) is 2. The molecular weight excluding hydrogens is 515 g/mol. The van der Waals surface area contributed by atoms with Crippen LogP contribution in [0.25, 0.3) is 0 Å². The Morgan fingerprint density at radius 1 is 1.09 bits per heavy atom. The first kappa shape index (κ1) is 26.0. The van der Waals surface area contributed by atoms with Crippen LogP contribution in [-0.2, 0) is 11.3 Å². The standard InChI is InChI=1S/C25H34N4O2.HI/c1-4-26-25(27-18-20-10-12-21(13-11-20)28-24(30)19(2)3)29-16-14-23(15-17-29)31-22-8-6-5-7-9-22;/h5-13,19,23H,4,14-18H2,1-3H3,(H,26,27)(H,28,30);1H. The molecule has 2 N–H and O–H groups in total. The van der Waals surface area contributed by atoms with Crippen molar-refractivity contribution in [3.05, 3.63) is 60.2 Å². The van der Waals surface area contributed by atoms with Gasteiger partial charge in [-0.1, -0.05) is 44.2 Å². The summed E-state index contributed by atoms with van der Waals surface area (Å²) in [6, 6.07) is 17.9. The first-order valence-electron chi connectivity index (χ1n) is 11.2. The van der Waals surface area contributed by atoms with Crippen molar-refractivity contribution < 1.29 is 9.53 Å². The SMILES string of the molecule is CCNC(=NCc1ccc(NC(=O)C(C)C)cc1)N1CCC(Oc2ccccc2)CC1.I. The largest absolute Gasteiger partial charge is 0.490 e. The zero-order valence-corrected chi connectivity index (χ0v) is 21.5. The summed E-state index contributed by atoms with van der Waals surface area (Å²) < 4.78 is 6.11. The van der Waals surface area contributed by atoms with Crippen molar-refractivity contribution in [2.24, 2.45) is 10.9 Å². The zero-order valence-electron chi connectivity index (χ0n) is 19.2. The summed E-state index contributed by atoms with van der Waals surface area (Å²) in [6.45, 7) is 9.13. The number of aliphatic imine (C=N–C) groups is 1. The highest BCUT2D eigenvalue weighted by Crippen LogP contribution is 2.19. The van der Waals surface area contributed by atoms with Crippen LogP contribution in [0.5, 0.6) is 5.75 Å². The molecule has 0 aromatic heterocycles. The minimum absolute atomic E-state index is 0. The molecule has 0 atom stereocenters. The first-order chi connectivity index (χ1) is 15.0. The van der Waals surface area contributed by atoms with Crippen LogP contribution in [0, 0.1) is 5.92 Å². The molecule has 7 heteroatoms. The van der Waals surface area contributed by atoms with Gasteiger partial charge in [-0.25, -0.2) is 4.99 Å². The number of likely N-dealkylation sites (tertiary alicyclic amines) is 1. The Bertz CT molecular complexity index is 848. The van der Waals surface area contributed by atoms with Gasteiger partial charge in [0.2, 0.25) is 5.91 Å². The van der Waals surface area contributed by atoms with Crippen molar-refractivity contribution >= 4 is 41.5 Å². The van der Waals surface area contributed by atoms with E-state index in [4.69, 9.17) is 9.73 Å². The average Bonchev–Trinajstić information content (AvgIpc) is 2.79. The van der Waals surface area contributed by atoms with Crippen LogP contribution in [0.15, 0.2) is 59.6 Å². The maximum Gasteiger partial charge on any atom is 0.226 e. The predicted molar refractivity (Wildman–Crippen MR) is 142 cm³/mol. The topological polar surface area (TPSA) is 66.0 Å². The number of guanidine groups is 1. The lowest BCUT2D eigenvalue weighted by Crippen LogP contribution is -2.47. The predicted octanol–water partition coefficient (Wildman–Crippen LogP) is 4.91. The van der Waals surface area contributed by atoms with Gasteiger partial charge in [-0.2, -0.15) is 0 Å². The lowest BCUT2D eigenvalue weighted by molar-refractivity contribution is -0.118. The lowest BCUT2D eigenvalue weighted by atomic mass is 10.1. The van der Waals surface area contributed by atoms with Gasteiger partial charge in [0.1, 0.15) is 11.9 Å². The van der Waals surface area contributed by atoms with Gasteiger partial charge in [0, 0.05) is 44.1 Å². The number of anilines is 1. The summed E-state index contributed by atoms with van der Waals surface area (Å²) in [5.41, 5.74) is 1.93. The van der Waals surface area contributed by atoms with Gasteiger partial charge in [0.25, 0.3) is 0 Å². The molecule has 1 aliphatic heterocycles. The van der Waals surface area contributed by atoms with Crippen molar-refractivity contribution in [3.63, 3.8) is 0 Å². The molecule has 0 spiro atoms. The first-order valence-corrected chi connectivity index (χ1v) is 11.2. The maximum atomic E-state index is 11.8. The highest BCUT2D eigenvalue weighted by atomic mass is 127. The Morgan fingerprint density at radius 2 is 1.75 bits per heavy atom. The normalized spacial score (nSPS) is 14.6. The molecule has 1 aliphatic rings. The Kier molecular flexibility index (Phi) is 10.8. The van der Waals surface area contributed by atoms with Crippen LogP contribution in [0.3, 0.4) is 0 Å². The van der Waals surface area contributed by atoms with Gasteiger partial charge in [-0.3, -0.25) is 4.79 Å². The number of rotatable bonds is 7. The fourth-order valence-corrected chi connectivity index (χ4v) is 3.45. The number of piperidine rings is 1. The molecule has 1 amide bonds. The van der Waals surface area contributed by atoms with Gasteiger partial charge in [-0.15, -0.1) is 24.0 Å². The molecule has 0 unspecified atom stereocenters. The fraction of sp³-hybridized carbons (Fsp3) is 0.440. The summed E-state index contributed by atoms with van der Waals surface area (Å²) >= 11 is 0. The molecule has 1 heterocycles. The van der Waals surface area contributed by atoms with Gasteiger partial charge in [0.05, 0.1) is 6.54 Å². The van der Waals surface area contributed by atoms with Crippen molar-refractivity contribution in [3.8, 4) is 5.75 Å². The molecule has 0 radical (unpaired) electrons. The van der Waals surface area contributed by atoms with Crippen molar-refractivity contribution in [1.82, 2.24) is 10.2 Å². The van der Waals surface area contributed by atoms with Crippen LogP contribution in [0.2, 0.25) is 0 Å². The minimum atomic E-state index is -0.0332. The van der Waals surface area contributed by atoms with Crippen molar-refractivity contribution in [1.29, 1.82) is 0 Å². The number of carbonyl (C=O) groups excluding carboxylic acids is 1. The second-order valence-corrected chi connectivity index (χ2v) is 8.13. The van der Waals surface area contributed by atoms with E-state index in [0.717, 1.165) is 55.4 Å². The number of hydrogen-bond donors (Lipinski definition) is 2. The smallest absolute Gasteiger partial charge is 0.226 e. The number of hydrogen-bond acceptors (Lipinski definition) is 3. The van der Waals surface area contributed by atoms with Crippen molar-refractivity contribution in [2.45, 2.75) is 46.3 Å². The van der Waals surface area contributed by atoms with Crippen LogP contribution in [0.4, 0.5) is 5.69 Å². The molecular formula is C25H35IN4O2. The molecule has 0 bridgehead atoms. The highest BCUT2D eigenvalue weighted by Gasteiger charge is 2.22. The molecule has 174 valence electrons. The van der Waals surface area contributed by atoms with E-state index < -0.39 is 0 Å². The number of ether oxygens (including phenoxy) is 1. The van der Waals surface area contributed by atoms with Crippen LogP contribution in [0.1, 0.15) is 39.2 Å². The Hall–Kier alpha value is -2.29. The third-order valence-corrected chi connectivity index (χ3v) is 5.28. The zero-order chi connectivity index (χ0) is 22.1. The van der Waals surface area contributed by atoms with E-state index in [9.17, 15) is 4.79 Å². The van der Waals surface area contributed by atoms with Crippen LogP contribution < -0.4 is 15.4 Å². The fourth-order valence-electron chi connectivity index (χ4n) is 3.45. The second-order valence-electron chi connectivity index (χ2n) is 8.13. The quantitative estimate of drug-likeness (QED) is 0.292. The van der Waals surface area contributed by atoms with Gasteiger partial charge >= 0.3 is 0 Å². The Morgan fingerprint density at radius 3 is 2.34 bits per heavy atom. The molecule has 2 aromatic rings. The summed E-state index contributed by atoms with van der Waals surface area (Å²) in [4.78, 5) is 19.0. The van der Waals surface area contributed by atoms with Crippen LogP contribution in [-0.4, -0.2) is 42.5 Å². The summed E-state index contributed by atoms with van der Waals surface area (Å²) in [5.74, 6) is 1.88. The third-order valence-electron chi connectivity index (χ3n) is 5.28. The maximum absolute atomic E-state index is 11.8. The van der Waals surface area contributed by atoms with E-state index in [-0.39, 0.29) is 41.9 Å². The Labute approximate surface area is 208 Å². The summed E-state index contributed by atoms with van der Waals surface area (Å²) in [5, 5.41) is 6.33. The number of amides is 1. The number of nitrogens with zero attached hydrogens (tertiary/aromatic N) is 2. The van der Waals surface area contributed by atoms with E-state index in [1.807, 2.05) is 68.4 Å². The summed E-state index contributed by atoms with van der Waals surface area (Å²) in [7, 11) is 0. The molecule has 3 rings (SSSR count). The number of carbonyl (C=O) groups is 1. The highest BCUT2D eigenvalue weighted by molar-refractivity contribution is 14.0. The number of halogens is 1. The summed E-state index contributed by atoms with van der Waals surface area (Å²) in [6.07, 6.45) is 2.20. The molecule has 2 aromatic carbocycles. The second kappa shape index (κ2) is 13.3. The van der Waals surface area contributed by atoms with E-state index in [1.54, 1.807) is 0 Å². The number of para-hydroxylation sites is 1. The molecule has 32 heavy (non-hydrogen) atoms. The molecule has 1 fully saturated rings. The van der Waals surface area contributed by atoms with Crippen molar-refractivity contribution in [2.75, 3.05) is 25.0 Å². The monoisotopic (exact) mass is 550 g/mol. The molecule has 0 saturated carbocycles. The van der Waals surface area contributed by atoms with E-state index in [2.05, 4.69) is 22.5 Å². The van der Waals surface area contributed by atoms with Crippen LogP contribution >= 0.6 is 24.0 Å². The molecule has 6 nitrogen and oxygen atoms in total. The molecule has 0 aliphatic carbocycles. The number of benzene rings is 2. The van der Waals surface area contributed by atoms with E-state index in [1.165, 1.54) is 0 Å². The molecule has 1 saturated heterocycles. The average molecular weight is 550 g/mol. The lowest BCUT2D eigenvalue weighted by Gasteiger charge is -2.34. The Balaban J connectivity index is 0.00000363. The minimum Gasteiger partial charge on any atom is -0.490 e.